The number of aliphatic carboxylic acids is 1. The quantitative estimate of drug-likeness (QED) is 0.947. The fraction of sp³-hybridized carbons (Fsp3) is 0.250. The molecule has 3 rings (SSSR count). The number of benzene rings is 1. The summed E-state index contributed by atoms with van der Waals surface area (Å²) >= 11 is 1.41. The van der Waals surface area contributed by atoms with Crippen molar-refractivity contribution in [3.8, 4) is 0 Å². The van der Waals surface area contributed by atoms with Crippen LogP contribution in [0.3, 0.4) is 0 Å². The van der Waals surface area contributed by atoms with E-state index in [4.69, 9.17) is 0 Å². The Bertz CT molecular complexity index is 707. The van der Waals surface area contributed by atoms with Crippen LogP contribution in [-0.2, 0) is 11.2 Å². The van der Waals surface area contributed by atoms with Gasteiger partial charge in [-0.15, -0.1) is 11.3 Å². The summed E-state index contributed by atoms with van der Waals surface area (Å²) in [6.07, 6.45) is 0.794. The first-order chi connectivity index (χ1) is 10.1. The molecule has 21 heavy (non-hydrogen) atoms. The number of amides is 1. The van der Waals surface area contributed by atoms with Crippen LogP contribution in [0, 0.1) is 0 Å². The van der Waals surface area contributed by atoms with Crippen LogP contribution < -0.4 is 4.90 Å². The molecule has 1 atom stereocenters. The van der Waals surface area contributed by atoms with Crippen molar-refractivity contribution in [3.05, 3.63) is 51.7 Å². The van der Waals surface area contributed by atoms with Crippen LogP contribution in [0.4, 0.5) is 5.69 Å². The van der Waals surface area contributed by atoms with E-state index in [-0.39, 0.29) is 12.5 Å². The SMILES string of the molecule is CCc1ccsc1C(=O)N1C[C@@H](C(=O)O)c2ccccc21. The predicted molar refractivity (Wildman–Crippen MR) is 82.2 cm³/mol. The first kappa shape index (κ1) is 13.8. The van der Waals surface area contributed by atoms with Crippen molar-refractivity contribution in [2.75, 3.05) is 11.4 Å². The van der Waals surface area contributed by atoms with Gasteiger partial charge in [0.2, 0.25) is 0 Å². The molecule has 0 radical (unpaired) electrons. The van der Waals surface area contributed by atoms with E-state index in [1.165, 1.54) is 11.3 Å². The standard InChI is InChI=1S/C16H15NO3S/c1-2-10-7-8-21-14(10)15(18)17-9-12(16(19)20)11-5-3-4-6-13(11)17/h3-8,12H,2,9H2,1H3,(H,19,20)/t12-/m1/s1. The maximum Gasteiger partial charge on any atom is 0.312 e. The molecule has 108 valence electrons. The number of hydrogen-bond acceptors (Lipinski definition) is 3. The maximum absolute atomic E-state index is 12.8. The molecule has 1 aliphatic rings. The van der Waals surface area contributed by atoms with Gasteiger partial charge in [-0.25, -0.2) is 0 Å². The lowest BCUT2D eigenvalue weighted by atomic mass is 10.0. The minimum Gasteiger partial charge on any atom is -0.481 e. The zero-order chi connectivity index (χ0) is 15.0. The summed E-state index contributed by atoms with van der Waals surface area (Å²) in [6, 6.07) is 9.20. The van der Waals surface area contributed by atoms with Gasteiger partial charge in [-0.3, -0.25) is 9.59 Å². The molecule has 1 aliphatic heterocycles. The molecule has 1 N–H and O–H groups in total. The Balaban J connectivity index is 2.01. The molecule has 0 unspecified atom stereocenters. The second-order valence-electron chi connectivity index (χ2n) is 4.99. The minimum atomic E-state index is -0.889. The number of thiophene rings is 1. The Labute approximate surface area is 126 Å². The molecule has 1 aromatic carbocycles. The van der Waals surface area contributed by atoms with E-state index in [1.54, 1.807) is 11.0 Å². The van der Waals surface area contributed by atoms with Crippen LogP contribution in [0.15, 0.2) is 35.7 Å². The van der Waals surface area contributed by atoms with Crippen molar-refractivity contribution in [1.82, 2.24) is 0 Å². The third kappa shape index (κ3) is 2.23. The summed E-state index contributed by atoms with van der Waals surface area (Å²) in [4.78, 5) is 26.5. The number of fused-ring (bicyclic) bond motifs is 1. The fourth-order valence-corrected chi connectivity index (χ4v) is 3.68. The van der Waals surface area contributed by atoms with Crippen LogP contribution in [0.5, 0.6) is 0 Å². The molecule has 0 fully saturated rings. The maximum atomic E-state index is 12.8. The predicted octanol–water partition coefficient (Wildman–Crippen LogP) is 3.14. The number of rotatable bonds is 3. The summed E-state index contributed by atoms with van der Waals surface area (Å²) in [7, 11) is 0. The van der Waals surface area contributed by atoms with Crippen molar-refractivity contribution in [3.63, 3.8) is 0 Å². The molecule has 5 heteroatoms. The lowest BCUT2D eigenvalue weighted by Crippen LogP contribution is -2.31. The highest BCUT2D eigenvalue weighted by Gasteiger charge is 2.37. The Kier molecular flexibility index (Phi) is 3.51. The number of carboxylic acid groups (broad SMARTS) is 1. The average Bonchev–Trinajstić information content (AvgIpc) is 3.11. The molecule has 0 saturated carbocycles. The van der Waals surface area contributed by atoms with Gasteiger partial charge in [-0.1, -0.05) is 25.1 Å². The van der Waals surface area contributed by atoms with E-state index in [0.717, 1.165) is 12.0 Å². The highest BCUT2D eigenvalue weighted by molar-refractivity contribution is 7.12. The lowest BCUT2D eigenvalue weighted by molar-refractivity contribution is -0.138. The first-order valence-electron chi connectivity index (χ1n) is 6.83. The zero-order valence-electron chi connectivity index (χ0n) is 11.6. The summed E-state index contributed by atoms with van der Waals surface area (Å²) < 4.78 is 0. The van der Waals surface area contributed by atoms with Crippen molar-refractivity contribution < 1.29 is 14.7 Å². The molecule has 1 aromatic heterocycles. The molecule has 2 aromatic rings. The topological polar surface area (TPSA) is 57.6 Å². The normalized spacial score (nSPS) is 16.8. The molecule has 1 amide bonds. The molecular weight excluding hydrogens is 286 g/mol. The monoisotopic (exact) mass is 301 g/mol. The third-order valence-corrected chi connectivity index (χ3v) is 4.78. The molecule has 0 bridgehead atoms. The molecule has 2 heterocycles. The van der Waals surface area contributed by atoms with Gasteiger partial charge < -0.3 is 10.0 Å². The van der Waals surface area contributed by atoms with Gasteiger partial charge in [0.15, 0.2) is 0 Å². The zero-order valence-corrected chi connectivity index (χ0v) is 12.4. The smallest absolute Gasteiger partial charge is 0.312 e. The van der Waals surface area contributed by atoms with E-state index < -0.39 is 11.9 Å². The number of anilines is 1. The van der Waals surface area contributed by atoms with Gasteiger partial charge in [0.25, 0.3) is 5.91 Å². The number of carbonyl (C=O) groups excluding carboxylic acids is 1. The number of hydrogen-bond donors (Lipinski definition) is 1. The van der Waals surface area contributed by atoms with Gasteiger partial charge in [-0.2, -0.15) is 0 Å². The second-order valence-corrected chi connectivity index (χ2v) is 5.91. The van der Waals surface area contributed by atoms with Crippen LogP contribution in [0.25, 0.3) is 0 Å². The highest BCUT2D eigenvalue weighted by atomic mass is 32.1. The number of carbonyl (C=O) groups is 2. The van der Waals surface area contributed by atoms with Gasteiger partial charge in [0.05, 0.1) is 4.88 Å². The van der Waals surface area contributed by atoms with E-state index in [1.807, 2.05) is 36.6 Å². The third-order valence-electron chi connectivity index (χ3n) is 3.83. The Morgan fingerprint density at radius 3 is 2.81 bits per heavy atom. The molecule has 0 spiro atoms. The molecule has 0 aliphatic carbocycles. The summed E-state index contributed by atoms with van der Waals surface area (Å²) in [6.45, 7) is 2.21. The van der Waals surface area contributed by atoms with Gasteiger partial charge in [0, 0.05) is 12.2 Å². The van der Waals surface area contributed by atoms with Crippen LogP contribution in [-0.4, -0.2) is 23.5 Å². The Morgan fingerprint density at radius 2 is 2.10 bits per heavy atom. The number of carboxylic acids is 1. The highest BCUT2D eigenvalue weighted by Crippen LogP contribution is 2.37. The summed E-state index contributed by atoms with van der Waals surface area (Å²) in [5.74, 6) is -1.63. The van der Waals surface area contributed by atoms with E-state index in [0.29, 0.717) is 16.1 Å². The largest absolute Gasteiger partial charge is 0.481 e. The molecule has 0 saturated heterocycles. The van der Waals surface area contributed by atoms with Crippen molar-refractivity contribution in [2.45, 2.75) is 19.3 Å². The number of aryl methyl sites for hydroxylation is 1. The Hall–Kier alpha value is -2.14. The lowest BCUT2D eigenvalue weighted by Gasteiger charge is -2.17. The van der Waals surface area contributed by atoms with E-state index in [2.05, 4.69) is 0 Å². The minimum absolute atomic E-state index is 0.0990. The van der Waals surface area contributed by atoms with Crippen molar-refractivity contribution in [2.24, 2.45) is 0 Å². The summed E-state index contributed by atoms with van der Waals surface area (Å²) in [5, 5.41) is 11.3. The number of nitrogens with zero attached hydrogens (tertiary/aromatic N) is 1. The van der Waals surface area contributed by atoms with E-state index >= 15 is 0 Å². The average molecular weight is 301 g/mol. The van der Waals surface area contributed by atoms with Gasteiger partial charge >= 0.3 is 5.97 Å². The fourth-order valence-electron chi connectivity index (χ4n) is 2.74. The van der Waals surface area contributed by atoms with Gasteiger partial charge in [0.1, 0.15) is 5.92 Å². The van der Waals surface area contributed by atoms with Gasteiger partial charge in [-0.05, 0) is 35.1 Å². The van der Waals surface area contributed by atoms with Crippen LogP contribution in [0.1, 0.15) is 33.6 Å². The Morgan fingerprint density at radius 1 is 1.33 bits per heavy atom. The second kappa shape index (κ2) is 5.33. The summed E-state index contributed by atoms with van der Waals surface area (Å²) in [5.41, 5.74) is 2.44. The van der Waals surface area contributed by atoms with Crippen LogP contribution in [0.2, 0.25) is 0 Å². The molecular formula is C16H15NO3S. The first-order valence-corrected chi connectivity index (χ1v) is 7.71. The number of para-hydroxylation sites is 1. The van der Waals surface area contributed by atoms with E-state index in [9.17, 15) is 14.7 Å². The van der Waals surface area contributed by atoms with Crippen molar-refractivity contribution >= 4 is 28.9 Å². The van der Waals surface area contributed by atoms with Crippen LogP contribution >= 0.6 is 11.3 Å². The molecule has 4 nitrogen and oxygen atoms in total. The van der Waals surface area contributed by atoms with Crippen molar-refractivity contribution in [1.29, 1.82) is 0 Å².